The van der Waals surface area contributed by atoms with Gasteiger partial charge in [-0.2, -0.15) is 0 Å². The molecule has 16 heavy (non-hydrogen) atoms. The Morgan fingerprint density at radius 2 is 2.31 bits per heavy atom. The van der Waals surface area contributed by atoms with Gasteiger partial charge in [-0.15, -0.1) is 11.3 Å². The van der Waals surface area contributed by atoms with Gasteiger partial charge >= 0.3 is 0 Å². The van der Waals surface area contributed by atoms with Gasteiger partial charge in [0.25, 0.3) is 0 Å². The van der Waals surface area contributed by atoms with Crippen molar-refractivity contribution in [1.29, 1.82) is 0 Å². The van der Waals surface area contributed by atoms with E-state index in [1.54, 1.807) is 25.6 Å². The molecule has 0 spiro atoms. The van der Waals surface area contributed by atoms with E-state index in [0.717, 1.165) is 24.8 Å². The lowest BCUT2D eigenvalue weighted by molar-refractivity contribution is 0.157. The molecule has 0 saturated heterocycles. The fourth-order valence-electron chi connectivity index (χ4n) is 1.90. The SMILES string of the molecule is COCC(NCc1sccc1OC)C1CC1. The number of hydrogen-bond donors (Lipinski definition) is 1. The number of thiophene rings is 1. The Labute approximate surface area is 101 Å². The molecule has 0 aromatic carbocycles. The van der Waals surface area contributed by atoms with Crippen molar-refractivity contribution in [2.75, 3.05) is 20.8 Å². The van der Waals surface area contributed by atoms with E-state index in [-0.39, 0.29) is 0 Å². The van der Waals surface area contributed by atoms with Gasteiger partial charge in [0.2, 0.25) is 0 Å². The Morgan fingerprint density at radius 3 is 2.94 bits per heavy atom. The zero-order valence-electron chi connectivity index (χ0n) is 9.86. The van der Waals surface area contributed by atoms with E-state index in [9.17, 15) is 0 Å². The third kappa shape index (κ3) is 2.97. The number of hydrogen-bond acceptors (Lipinski definition) is 4. The van der Waals surface area contributed by atoms with Crippen LogP contribution in [0.1, 0.15) is 17.7 Å². The maximum atomic E-state index is 5.29. The summed E-state index contributed by atoms with van der Waals surface area (Å²) in [6.07, 6.45) is 2.67. The van der Waals surface area contributed by atoms with Crippen molar-refractivity contribution >= 4 is 11.3 Å². The summed E-state index contributed by atoms with van der Waals surface area (Å²) >= 11 is 1.74. The molecule has 0 bridgehead atoms. The first-order valence-electron chi connectivity index (χ1n) is 5.67. The predicted molar refractivity (Wildman–Crippen MR) is 66.1 cm³/mol. The summed E-state index contributed by atoms with van der Waals surface area (Å²) in [6.45, 7) is 1.68. The summed E-state index contributed by atoms with van der Waals surface area (Å²) in [6, 6.07) is 2.52. The second kappa shape index (κ2) is 5.66. The molecular formula is C12H19NO2S. The lowest BCUT2D eigenvalue weighted by atomic mass is 10.2. The lowest BCUT2D eigenvalue weighted by Crippen LogP contribution is -2.34. The predicted octanol–water partition coefficient (Wildman–Crippen LogP) is 2.27. The first kappa shape index (κ1) is 11.9. The number of methoxy groups -OCH3 is 2. The minimum Gasteiger partial charge on any atom is -0.496 e. The summed E-state index contributed by atoms with van der Waals surface area (Å²) in [4.78, 5) is 1.27. The van der Waals surface area contributed by atoms with Crippen molar-refractivity contribution in [2.24, 2.45) is 5.92 Å². The molecule has 2 rings (SSSR count). The zero-order valence-corrected chi connectivity index (χ0v) is 10.7. The van der Waals surface area contributed by atoms with Crippen molar-refractivity contribution in [2.45, 2.75) is 25.4 Å². The van der Waals surface area contributed by atoms with Crippen LogP contribution in [0.4, 0.5) is 0 Å². The monoisotopic (exact) mass is 241 g/mol. The van der Waals surface area contributed by atoms with Crippen LogP contribution in [0.5, 0.6) is 5.75 Å². The molecule has 90 valence electrons. The van der Waals surface area contributed by atoms with Crippen molar-refractivity contribution in [3.8, 4) is 5.75 Å². The molecule has 3 nitrogen and oxygen atoms in total. The average Bonchev–Trinajstić information content (AvgIpc) is 3.03. The summed E-state index contributed by atoms with van der Waals surface area (Å²) in [7, 11) is 3.49. The first-order valence-corrected chi connectivity index (χ1v) is 6.55. The van der Waals surface area contributed by atoms with Gasteiger partial charge in [-0.3, -0.25) is 0 Å². The van der Waals surface area contributed by atoms with Gasteiger partial charge in [0, 0.05) is 19.7 Å². The highest BCUT2D eigenvalue weighted by Gasteiger charge is 2.30. The normalized spacial score (nSPS) is 17.4. The summed E-state index contributed by atoms with van der Waals surface area (Å²) < 4.78 is 10.5. The van der Waals surface area contributed by atoms with Crippen LogP contribution in [-0.4, -0.2) is 26.9 Å². The third-order valence-electron chi connectivity index (χ3n) is 2.99. The lowest BCUT2D eigenvalue weighted by Gasteiger charge is -2.17. The van der Waals surface area contributed by atoms with Gasteiger partial charge in [0.1, 0.15) is 5.75 Å². The Morgan fingerprint density at radius 1 is 1.50 bits per heavy atom. The topological polar surface area (TPSA) is 30.5 Å². The number of nitrogens with one attached hydrogen (secondary N) is 1. The van der Waals surface area contributed by atoms with Crippen LogP contribution in [-0.2, 0) is 11.3 Å². The fraction of sp³-hybridized carbons (Fsp3) is 0.667. The Hall–Kier alpha value is -0.580. The summed E-state index contributed by atoms with van der Waals surface area (Å²) in [5.41, 5.74) is 0. The van der Waals surface area contributed by atoms with Gasteiger partial charge in [0.05, 0.1) is 18.6 Å². The van der Waals surface area contributed by atoms with Crippen molar-refractivity contribution in [3.05, 3.63) is 16.3 Å². The Bertz CT molecular complexity index is 323. The van der Waals surface area contributed by atoms with Crippen LogP contribution in [0.2, 0.25) is 0 Å². The van der Waals surface area contributed by atoms with Gasteiger partial charge in [0.15, 0.2) is 0 Å². The van der Waals surface area contributed by atoms with E-state index in [1.807, 2.05) is 6.07 Å². The minimum absolute atomic E-state index is 0.497. The number of ether oxygens (including phenoxy) is 2. The molecule has 1 unspecified atom stereocenters. The first-order chi connectivity index (χ1) is 7.85. The molecule has 1 fully saturated rings. The molecule has 1 aliphatic carbocycles. The van der Waals surface area contributed by atoms with Crippen LogP contribution < -0.4 is 10.1 Å². The maximum Gasteiger partial charge on any atom is 0.134 e. The van der Waals surface area contributed by atoms with Gasteiger partial charge in [-0.1, -0.05) is 0 Å². The fourth-order valence-corrected chi connectivity index (χ4v) is 2.69. The average molecular weight is 241 g/mol. The molecule has 1 N–H and O–H groups in total. The smallest absolute Gasteiger partial charge is 0.134 e. The van der Waals surface area contributed by atoms with Crippen LogP contribution in [0.3, 0.4) is 0 Å². The van der Waals surface area contributed by atoms with Crippen molar-refractivity contribution < 1.29 is 9.47 Å². The molecule has 1 aromatic rings. The van der Waals surface area contributed by atoms with Crippen LogP contribution >= 0.6 is 11.3 Å². The highest BCUT2D eigenvalue weighted by atomic mass is 32.1. The van der Waals surface area contributed by atoms with Crippen LogP contribution in [0.25, 0.3) is 0 Å². The largest absolute Gasteiger partial charge is 0.496 e. The molecule has 1 atom stereocenters. The second-order valence-electron chi connectivity index (χ2n) is 4.19. The molecule has 1 saturated carbocycles. The Kier molecular flexibility index (Phi) is 4.21. The standard InChI is InChI=1S/C12H19NO2S/c1-14-8-10(9-3-4-9)13-7-12-11(15-2)5-6-16-12/h5-6,9-10,13H,3-4,7-8H2,1-2H3. The zero-order chi connectivity index (χ0) is 11.4. The van der Waals surface area contributed by atoms with E-state index in [4.69, 9.17) is 9.47 Å². The second-order valence-corrected chi connectivity index (χ2v) is 5.19. The van der Waals surface area contributed by atoms with Crippen LogP contribution in [0.15, 0.2) is 11.4 Å². The molecule has 0 aliphatic heterocycles. The van der Waals surface area contributed by atoms with E-state index < -0.39 is 0 Å². The molecule has 1 aliphatic rings. The van der Waals surface area contributed by atoms with Crippen molar-refractivity contribution in [1.82, 2.24) is 5.32 Å². The van der Waals surface area contributed by atoms with Gasteiger partial charge in [-0.05, 0) is 30.2 Å². The highest BCUT2D eigenvalue weighted by Crippen LogP contribution is 2.33. The molecule has 0 amide bonds. The summed E-state index contributed by atoms with van der Waals surface area (Å²) in [5.74, 6) is 1.80. The van der Waals surface area contributed by atoms with E-state index in [2.05, 4.69) is 10.7 Å². The van der Waals surface area contributed by atoms with Crippen molar-refractivity contribution in [3.63, 3.8) is 0 Å². The summed E-state index contributed by atoms with van der Waals surface area (Å²) in [5, 5.41) is 5.63. The molecule has 1 heterocycles. The maximum absolute atomic E-state index is 5.29. The molecular weight excluding hydrogens is 222 g/mol. The highest BCUT2D eigenvalue weighted by molar-refractivity contribution is 7.10. The number of rotatable bonds is 7. The quantitative estimate of drug-likeness (QED) is 0.794. The molecule has 1 aromatic heterocycles. The molecule has 0 radical (unpaired) electrons. The Balaban J connectivity index is 1.84. The minimum atomic E-state index is 0.497. The van der Waals surface area contributed by atoms with Gasteiger partial charge < -0.3 is 14.8 Å². The van der Waals surface area contributed by atoms with E-state index >= 15 is 0 Å². The van der Waals surface area contributed by atoms with Gasteiger partial charge in [-0.25, -0.2) is 0 Å². The van der Waals surface area contributed by atoms with E-state index in [0.29, 0.717) is 6.04 Å². The van der Waals surface area contributed by atoms with Crippen LogP contribution in [0, 0.1) is 5.92 Å². The third-order valence-corrected chi connectivity index (χ3v) is 3.89. The van der Waals surface area contributed by atoms with E-state index in [1.165, 1.54) is 17.7 Å². The molecule has 4 heteroatoms.